The molecule has 2 aromatic rings. The first-order valence-corrected chi connectivity index (χ1v) is 7.26. The summed E-state index contributed by atoms with van der Waals surface area (Å²) in [6.07, 6.45) is 0.893. The lowest BCUT2D eigenvalue weighted by molar-refractivity contribution is 0.396. The average Bonchev–Trinajstić information content (AvgIpc) is 2.53. The van der Waals surface area contributed by atoms with Gasteiger partial charge in [-0.2, -0.15) is 0 Å². The third-order valence-electron chi connectivity index (χ3n) is 3.55. The number of ether oxygens (including phenoxy) is 2. The molecule has 0 heterocycles. The van der Waals surface area contributed by atoms with Crippen molar-refractivity contribution in [3.05, 3.63) is 47.0 Å². The molecule has 0 fully saturated rings. The molecule has 0 aliphatic rings. The van der Waals surface area contributed by atoms with Gasteiger partial charge in [-0.25, -0.2) is 0 Å². The van der Waals surface area contributed by atoms with Crippen LogP contribution in [0.25, 0.3) is 11.1 Å². The summed E-state index contributed by atoms with van der Waals surface area (Å²) in [5.41, 5.74) is 9.16. The average molecular weight is 306 g/mol. The molecule has 21 heavy (non-hydrogen) atoms. The third-order valence-corrected chi connectivity index (χ3v) is 3.91. The van der Waals surface area contributed by atoms with Gasteiger partial charge in [0.2, 0.25) is 0 Å². The molecule has 112 valence electrons. The van der Waals surface area contributed by atoms with Crippen molar-refractivity contribution in [3.63, 3.8) is 0 Å². The fourth-order valence-corrected chi connectivity index (χ4v) is 2.61. The highest BCUT2D eigenvalue weighted by molar-refractivity contribution is 6.34. The first-order valence-electron chi connectivity index (χ1n) is 6.88. The number of halogens is 1. The van der Waals surface area contributed by atoms with Gasteiger partial charge in [-0.1, -0.05) is 36.7 Å². The minimum absolute atomic E-state index is 0.0321. The van der Waals surface area contributed by atoms with Gasteiger partial charge in [0.25, 0.3) is 0 Å². The van der Waals surface area contributed by atoms with Gasteiger partial charge in [0.05, 0.1) is 14.2 Å². The van der Waals surface area contributed by atoms with Gasteiger partial charge in [-0.3, -0.25) is 0 Å². The summed E-state index contributed by atoms with van der Waals surface area (Å²) in [7, 11) is 3.19. The Morgan fingerprint density at radius 2 is 1.90 bits per heavy atom. The van der Waals surface area contributed by atoms with Gasteiger partial charge in [0.1, 0.15) is 16.5 Å². The van der Waals surface area contributed by atoms with Crippen LogP contribution in [0.1, 0.15) is 24.9 Å². The predicted molar refractivity (Wildman–Crippen MR) is 87.2 cm³/mol. The van der Waals surface area contributed by atoms with Crippen molar-refractivity contribution in [2.45, 2.75) is 19.4 Å². The van der Waals surface area contributed by atoms with Crippen molar-refractivity contribution < 1.29 is 9.47 Å². The quantitative estimate of drug-likeness (QED) is 0.888. The summed E-state index contributed by atoms with van der Waals surface area (Å²) >= 11 is 6.32. The molecule has 0 saturated heterocycles. The van der Waals surface area contributed by atoms with Crippen LogP contribution in [0.3, 0.4) is 0 Å². The van der Waals surface area contributed by atoms with Gasteiger partial charge >= 0.3 is 0 Å². The highest BCUT2D eigenvalue weighted by atomic mass is 35.5. The first-order chi connectivity index (χ1) is 10.1. The van der Waals surface area contributed by atoms with Gasteiger partial charge in [0, 0.05) is 11.6 Å². The van der Waals surface area contributed by atoms with Crippen molar-refractivity contribution in [2.24, 2.45) is 5.73 Å². The lowest BCUT2D eigenvalue weighted by Crippen LogP contribution is -2.08. The monoisotopic (exact) mass is 305 g/mol. The third kappa shape index (κ3) is 3.14. The number of benzene rings is 2. The molecule has 0 amide bonds. The smallest absolute Gasteiger partial charge is 0.149 e. The lowest BCUT2D eigenvalue weighted by Gasteiger charge is -2.15. The second-order valence-electron chi connectivity index (χ2n) is 4.80. The van der Waals surface area contributed by atoms with E-state index in [0.29, 0.717) is 16.5 Å². The summed E-state index contributed by atoms with van der Waals surface area (Å²) < 4.78 is 10.7. The van der Waals surface area contributed by atoms with Crippen LogP contribution in [0.2, 0.25) is 5.02 Å². The minimum Gasteiger partial charge on any atom is -0.495 e. The summed E-state index contributed by atoms with van der Waals surface area (Å²) in [4.78, 5) is 0. The first kappa shape index (κ1) is 15.7. The molecule has 0 aliphatic heterocycles. The summed E-state index contributed by atoms with van der Waals surface area (Å²) in [5.74, 6) is 1.21. The molecule has 2 N–H and O–H groups in total. The Bertz CT molecular complexity index is 628. The van der Waals surface area contributed by atoms with E-state index in [1.165, 1.54) is 0 Å². The Morgan fingerprint density at radius 3 is 2.52 bits per heavy atom. The SMILES string of the molecule is CCC(N)c1cccc(-c2ccc(OC)c(Cl)c2OC)c1. The molecule has 0 aromatic heterocycles. The van der Waals surface area contributed by atoms with Gasteiger partial charge < -0.3 is 15.2 Å². The van der Waals surface area contributed by atoms with Crippen LogP contribution in [0.5, 0.6) is 11.5 Å². The van der Waals surface area contributed by atoms with E-state index >= 15 is 0 Å². The summed E-state index contributed by atoms with van der Waals surface area (Å²) in [6.45, 7) is 2.07. The van der Waals surface area contributed by atoms with E-state index < -0.39 is 0 Å². The predicted octanol–water partition coefficient (Wildman–Crippen LogP) is 4.43. The number of methoxy groups -OCH3 is 2. The maximum Gasteiger partial charge on any atom is 0.149 e. The Balaban J connectivity index is 2.54. The highest BCUT2D eigenvalue weighted by Gasteiger charge is 2.15. The lowest BCUT2D eigenvalue weighted by atomic mass is 9.98. The van der Waals surface area contributed by atoms with Crippen LogP contribution in [0, 0.1) is 0 Å². The van der Waals surface area contributed by atoms with E-state index in [2.05, 4.69) is 13.0 Å². The van der Waals surface area contributed by atoms with Crippen molar-refractivity contribution in [1.82, 2.24) is 0 Å². The Labute approximate surface area is 130 Å². The van der Waals surface area contributed by atoms with E-state index in [4.69, 9.17) is 26.8 Å². The second kappa shape index (κ2) is 6.83. The molecular weight excluding hydrogens is 286 g/mol. The number of rotatable bonds is 5. The van der Waals surface area contributed by atoms with Crippen LogP contribution in [0.15, 0.2) is 36.4 Å². The minimum atomic E-state index is 0.0321. The maximum absolute atomic E-state index is 6.32. The van der Waals surface area contributed by atoms with Crippen LogP contribution in [-0.2, 0) is 0 Å². The molecule has 0 aliphatic carbocycles. The number of hydrogen-bond donors (Lipinski definition) is 1. The zero-order valence-corrected chi connectivity index (χ0v) is 13.3. The molecular formula is C17H20ClNO2. The molecule has 0 bridgehead atoms. The molecule has 2 aromatic carbocycles. The molecule has 4 heteroatoms. The largest absolute Gasteiger partial charge is 0.495 e. The Morgan fingerprint density at radius 1 is 1.14 bits per heavy atom. The van der Waals surface area contributed by atoms with Crippen LogP contribution >= 0.6 is 11.6 Å². The fraction of sp³-hybridized carbons (Fsp3) is 0.294. The van der Waals surface area contributed by atoms with E-state index in [1.54, 1.807) is 14.2 Å². The molecule has 1 atom stereocenters. The molecule has 2 rings (SSSR count). The van der Waals surface area contributed by atoms with Crippen molar-refractivity contribution in [1.29, 1.82) is 0 Å². The number of hydrogen-bond acceptors (Lipinski definition) is 3. The topological polar surface area (TPSA) is 44.5 Å². The van der Waals surface area contributed by atoms with Crippen LogP contribution in [0.4, 0.5) is 0 Å². The van der Waals surface area contributed by atoms with Crippen LogP contribution < -0.4 is 15.2 Å². The maximum atomic E-state index is 6.32. The van der Waals surface area contributed by atoms with Gasteiger partial charge in [0.15, 0.2) is 0 Å². The number of nitrogens with two attached hydrogens (primary N) is 1. The second-order valence-corrected chi connectivity index (χ2v) is 5.18. The van der Waals surface area contributed by atoms with E-state index in [9.17, 15) is 0 Å². The van der Waals surface area contributed by atoms with E-state index in [1.807, 2.05) is 30.3 Å². The van der Waals surface area contributed by atoms with Crippen molar-refractivity contribution in [3.8, 4) is 22.6 Å². The normalized spacial score (nSPS) is 12.0. The van der Waals surface area contributed by atoms with Crippen molar-refractivity contribution in [2.75, 3.05) is 14.2 Å². The van der Waals surface area contributed by atoms with Crippen molar-refractivity contribution >= 4 is 11.6 Å². The fourth-order valence-electron chi connectivity index (χ4n) is 2.30. The Hall–Kier alpha value is -1.71. The molecule has 0 radical (unpaired) electrons. The molecule has 1 unspecified atom stereocenters. The standard InChI is InChI=1S/C17H20ClNO2/c1-4-14(19)12-7-5-6-11(10-12)13-8-9-15(20-2)16(18)17(13)21-3/h5-10,14H,4,19H2,1-3H3. The van der Waals surface area contributed by atoms with E-state index in [0.717, 1.165) is 23.1 Å². The zero-order chi connectivity index (χ0) is 15.4. The summed E-state index contributed by atoms with van der Waals surface area (Å²) in [6, 6.07) is 11.9. The van der Waals surface area contributed by atoms with Gasteiger partial charge in [-0.05, 0) is 35.7 Å². The molecule has 0 spiro atoms. The van der Waals surface area contributed by atoms with Crippen LogP contribution in [-0.4, -0.2) is 14.2 Å². The summed E-state index contributed by atoms with van der Waals surface area (Å²) in [5, 5.41) is 0.475. The van der Waals surface area contributed by atoms with E-state index in [-0.39, 0.29) is 6.04 Å². The highest BCUT2D eigenvalue weighted by Crippen LogP contribution is 2.42. The zero-order valence-electron chi connectivity index (χ0n) is 12.5. The van der Waals surface area contributed by atoms with Gasteiger partial charge in [-0.15, -0.1) is 0 Å². The molecule has 3 nitrogen and oxygen atoms in total. The Kier molecular flexibility index (Phi) is 5.10. The molecule has 0 saturated carbocycles.